The van der Waals surface area contributed by atoms with Crippen molar-refractivity contribution in [3.63, 3.8) is 0 Å². The van der Waals surface area contributed by atoms with Crippen LogP contribution in [-0.2, 0) is 22.1 Å². The Labute approximate surface area is 178 Å². The standard InChI is InChI=1S/C22H25F3N2O4/c1-20(9-13-2-3-16(22(23,24)25)8-17(13)31-20)15-4-6-27(7-5-15)18(28)14-10-21(11-14)12-30-19(29)26-21/h2-3,8,14-15H,4-7,9-12H2,1H3,(H,26,29)/t14-,20?,21-. The van der Waals surface area contributed by atoms with Crippen LogP contribution in [0.25, 0.3) is 0 Å². The number of amides is 2. The number of alkyl halides is 3. The van der Waals surface area contributed by atoms with E-state index in [4.69, 9.17) is 9.47 Å². The van der Waals surface area contributed by atoms with Gasteiger partial charge in [-0.15, -0.1) is 0 Å². The van der Waals surface area contributed by atoms with Crippen molar-refractivity contribution >= 4 is 12.0 Å². The largest absolute Gasteiger partial charge is 0.487 e. The second kappa shape index (κ2) is 6.77. The van der Waals surface area contributed by atoms with Crippen molar-refractivity contribution in [3.8, 4) is 5.75 Å². The highest BCUT2D eigenvalue weighted by Crippen LogP contribution is 2.46. The number of carbonyl (C=O) groups excluding carboxylic acids is 2. The molecule has 1 aromatic carbocycles. The average molecular weight is 438 g/mol. The van der Waals surface area contributed by atoms with Gasteiger partial charge in [0.15, 0.2) is 0 Å². The first-order chi connectivity index (χ1) is 14.6. The Kier molecular flexibility index (Phi) is 4.47. The number of cyclic esters (lactones) is 1. The first-order valence-corrected chi connectivity index (χ1v) is 10.7. The molecule has 0 aromatic heterocycles. The lowest BCUT2D eigenvalue weighted by molar-refractivity contribution is -0.143. The van der Waals surface area contributed by atoms with Crippen molar-refractivity contribution in [1.82, 2.24) is 10.2 Å². The molecule has 2 saturated heterocycles. The lowest BCUT2D eigenvalue weighted by atomic mass is 9.68. The summed E-state index contributed by atoms with van der Waals surface area (Å²) in [7, 11) is 0. The third kappa shape index (κ3) is 3.51. The molecule has 0 radical (unpaired) electrons. The van der Waals surface area contributed by atoms with E-state index >= 15 is 0 Å². The predicted octanol–water partition coefficient (Wildman–Crippen LogP) is 3.53. The molecule has 1 aromatic rings. The fraction of sp³-hybridized carbons (Fsp3) is 0.636. The minimum absolute atomic E-state index is 0.0955. The number of hydrogen-bond acceptors (Lipinski definition) is 4. The van der Waals surface area contributed by atoms with Crippen LogP contribution >= 0.6 is 0 Å². The first kappa shape index (κ1) is 20.5. The van der Waals surface area contributed by atoms with Crippen molar-refractivity contribution < 1.29 is 32.2 Å². The number of rotatable bonds is 2. The summed E-state index contributed by atoms with van der Waals surface area (Å²) in [6.45, 7) is 3.50. The Morgan fingerprint density at radius 2 is 1.94 bits per heavy atom. The van der Waals surface area contributed by atoms with Gasteiger partial charge in [0.1, 0.15) is 18.0 Å². The molecule has 168 valence electrons. The van der Waals surface area contributed by atoms with Crippen LogP contribution in [0.2, 0.25) is 0 Å². The minimum Gasteiger partial charge on any atom is -0.487 e. The number of piperidine rings is 1. The number of hydrogen-bond donors (Lipinski definition) is 1. The number of nitrogens with zero attached hydrogens (tertiary/aromatic N) is 1. The van der Waals surface area contributed by atoms with Gasteiger partial charge in [0.2, 0.25) is 5.91 Å². The molecule has 31 heavy (non-hydrogen) atoms. The van der Waals surface area contributed by atoms with E-state index in [1.807, 2.05) is 11.8 Å². The molecule has 0 bridgehead atoms. The van der Waals surface area contributed by atoms with Crippen molar-refractivity contribution in [2.75, 3.05) is 19.7 Å². The van der Waals surface area contributed by atoms with E-state index in [0.717, 1.165) is 30.5 Å². The van der Waals surface area contributed by atoms with Crippen molar-refractivity contribution in [2.24, 2.45) is 11.8 Å². The van der Waals surface area contributed by atoms with Crippen LogP contribution in [-0.4, -0.2) is 47.7 Å². The van der Waals surface area contributed by atoms with E-state index in [1.165, 1.54) is 6.07 Å². The Hall–Kier alpha value is -2.45. The van der Waals surface area contributed by atoms with Crippen LogP contribution in [0.5, 0.6) is 5.75 Å². The molecule has 1 atom stereocenters. The van der Waals surface area contributed by atoms with Crippen molar-refractivity contribution in [3.05, 3.63) is 29.3 Å². The van der Waals surface area contributed by atoms with Crippen molar-refractivity contribution in [1.29, 1.82) is 0 Å². The number of benzene rings is 1. The summed E-state index contributed by atoms with van der Waals surface area (Å²) in [5.74, 6) is 0.493. The van der Waals surface area contributed by atoms with Crippen LogP contribution in [0.15, 0.2) is 18.2 Å². The quantitative estimate of drug-likeness (QED) is 0.767. The van der Waals surface area contributed by atoms with Gasteiger partial charge in [0, 0.05) is 31.3 Å². The average Bonchev–Trinajstić information content (AvgIpc) is 3.25. The summed E-state index contributed by atoms with van der Waals surface area (Å²) < 4.78 is 50.1. The summed E-state index contributed by atoms with van der Waals surface area (Å²) in [5.41, 5.74) is -0.831. The molecule has 9 heteroatoms. The Balaban J connectivity index is 1.17. The zero-order valence-corrected chi connectivity index (χ0v) is 17.3. The van der Waals surface area contributed by atoms with Crippen LogP contribution in [0.4, 0.5) is 18.0 Å². The lowest BCUT2D eigenvalue weighted by Gasteiger charge is -2.46. The van der Waals surface area contributed by atoms with E-state index in [9.17, 15) is 22.8 Å². The molecule has 1 unspecified atom stereocenters. The maximum atomic E-state index is 13.0. The van der Waals surface area contributed by atoms with Gasteiger partial charge in [0.05, 0.1) is 11.1 Å². The Bertz CT molecular complexity index is 920. The molecule has 1 N–H and O–H groups in total. The number of halogens is 3. The summed E-state index contributed by atoms with van der Waals surface area (Å²) in [5, 5.41) is 2.81. The zero-order chi connectivity index (χ0) is 22.0. The third-order valence-electron chi connectivity index (χ3n) is 7.42. The van der Waals surface area contributed by atoms with Crippen LogP contribution < -0.4 is 10.1 Å². The molecule has 6 nitrogen and oxygen atoms in total. The second-order valence-corrected chi connectivity index (χ2v) is 9.60. The van der Waals surface area contributed by atoms with Gasteiger partial charge in [-0.05, 0) is 50.3 Å². The van der Waals surface area contributed by atoms with Crippen LogP contribution in [0, 0.1) is 11.8 Å². The van der Waals surface area contributed by atoms with Crippen molar-refractivity contribution in [2.45, 2.75) is 56.3 Å². The molecule has 1 spiro atoms. The summed E-state index contributed by atoms with van der Waals surface area (Å²) in [4.78, 5) is 26.0. The number of carbonyl (C=O) groups is 2. The fourth-order valence-corrected chi connectivity index (χ4v) is 5.60. The first-order valence-electron chi connectivity index (χ1n) is 10.7. The molecule has 3 heterocycles. The van der Waals surface area contributed by atoms with Gasteiger partial charge in [0.25, 0.3) is 0 Å². The fourth-order valence-electron chi connectivity index (χ4n) is 5.60. The van der Waals surface area contributed by atoms with E-state index < -0.39 is 23.4 Å². The maximum absolute atomic E-state index is 13.0. The number of ether oxygens (including phenoxy) is 2. The normalized spacial score (nSPS) is 32.8. The number of fused-ring (bicyclic) bond motifs is 1. The molecule has 4 aliphatic rings. The molecule has 5 rings (SSSR count). The van der Waals surface area contributed by atoms with Gasteiger partial charge in [-0.3, -0.25) is 4.79 Å². The summed E-state index contributed by atoms with van der Waals surface area (Å²) in [6.07, 6.45) is -1.52. The monoisotopic (exact) mass is 438 g/mol. The van der Waals surface area contributed by atoms with Gasteiger partial charge in [-0.2, -0.15) is 13.2 Å². The number of alkyl carbamates (subject to hydrolysis) is 1. The van der Waals surface area contributed by atoms with Gasteiger partial charge < -0.3 is 19.7 Å². The topological polar surface area (TPSA) is 67.9 Å². The molecular formula is C22H25F3N2O4. The summed E-state index contributed by atoms with van der Waals surface area (Å²) in [6, 6.07) is 3.72. The molecular weight excluding hydrogens is 413 g/mol. The highest BCUT2D eigenvalue weighted by molar-refractivity contribution is 5.81. The highest BCUT2D eigenvalue weighted by Gasteiger charge is 2.54. The molecule has 3 aliphatic heterocycles. The smallest absolute Gasteiger partial charge is 0.416 e. The van der Waals surface area contributed by atoms with E-state index in [0.29, 0.717) is 44.7 Å². The van der Waals surface area contributed by atoms with Crippen LogP contribution in [0.1, 0.15) is 43.7 Å². The molecule has 1 aliphatic carbocycles. The second-order valence-electron chi connectivity index (χ2n) is 9.60. The Morgan fingerprint density at radius 3 is 2.55 bits per heavy atom. The summed E-state index contributed by atoms with van der Waals surface area (Å²) >= 11 is 0. The highest BCUT2D eigenvalue weighted by atomic mass is 19.4. The van der Waals surface area contributed by atoms with Gasteiger partial charge >= 0.3 is 12.3 Å². The van der Waals surface area contributed by atoms with Gasteiger partial charge in [-0.1, -0.05) is 6.07 Å². The number of likely N-dealkylation sites (tertiary alicyclic amines) is 1. The minimum atomic E-state index is -4.39. The van der Waals surface area contributed by atoms with Gasteiger partial charge in [-0.25, -0.2) is 4.79 Å². The predicted molar refractivity (Wildman–Crippen MR) is 103 cm³/mol. The maximum Gasteiger partial charge on any atom is 0.416 e. The Morgan fingerprint density at radius 1 is 1.23 bits per heavy atom. The number of nitrogens with one attached hydrogen (secondary N) is 1. The van der Waals surface area contributed by atoms with E-state index in [-0.39, 0.29) is 23.3 Å². The zero-order valence-electron chi connectivity index (χ0n) is 17.3. The SMILES string of the molecule is CC1(C2CCN(C(=O)[C@H]3C[C@@]4(COC(=O)N4)C3)CC2)Cc2ccc(C(F)(F)F)cc2O1. The molecule has 2 amide bonds. The van der Waals surface area contributed by atoms with Crippen LogP contribution in [0.3, 0.4) is 0 Å². The van der Waals surface area contributed by atoms with E-state index in [2.05, 4.69) is 5.32 Å². The lowest BCUT2D eigenvalue weighted by Crippen LogP contribution is -2.59. The third-order valence-corrected chi connectivity index (χ3v) is 7.42. The molecule has 3 fully saturated rings. The van der Waals surface area contributed by atoms with E-state index in [1.54, 1.807) is 0 Å². The molecule has 1 saturated carbocycles.